The molecule has 0 bridgehead atoms. The van der Waals surface area contributed by atoms with Crippen LogP contribution in [0.5, 0.6) is 5.75 Å². The molecule has 1 atom stereocenters. The molecule has 0 radical (unpaired) electrons. The minimum absolute atomic E-state index is 0.266. The second-order valence-electron chi connectivity index (χ2n) is 2.95. The van der Waals surface area contributed by atoms with Crippen LogP contribution in [0.4, 0.5) is 5.69 Å². The molecule has 1 N–H and O–H groups in total. The SMILES string of the molecule is COc1ccc(NC(=O)C(C)Cl)cc1Cl. The van der Waals surface area contributed by atoms with Crippen LogP contribution in [0, 0.1) is 0 Å². The summed E-state index contributed by atoms with van der Waals surface area (Å²) in [7, 11) is 1.53. The van der Waals surface area contributed by atoms with Crippen LogP contribution in [0.2, 0.25) is 5.02 Å². The maximum atomic E-state index is 11.3. The average molecular weight is 248 g/mol. The lowest BCUT2D eigenvalue weighted by Crippen LogP contribution is -2.20. The topological polar surface area (TPSA) is 38.3 Å². The maximum Gasteiger partial charge on any atom is 0.242 e. The van der Waals surface area contributed by atoms with Crippen molar-refractivity contribution in [2.24, 2.45) is 0 Å². The molecule has 0 fully saturated rings. The molecule has 0 spiro atoms. The smallest absolute Gasteiger partial charge is 0.242 e. The van der Waals surface area contributed by atoms with Crippen molar-refractivity contribution in [2.75, 3.05) is 12.4 Å². The number of amides is 1. The number of hydrogen-bond acceptors (Lipinski definition) is 2. The molecule has 1 rings (SSSR count). The fourth-order valence-corrected chi connectivity index (χ4v) is 1.30. The monoisotopic (exact) mass is 247 g/mol. The molecule has 1 aromatic carbocycles. The van der Waals surface area contributed by atoms with Crippen LogP contribution in [0.15, 0.2) is 18.2 Å². The molecular weight excluding hydrogens is 237 g/mol. The quantitative estimate of drug-likeness (QED) is 0.835. The van der Waals surface area contributed by atoms with E-state index in [1.54, 1.807) is 25.1 Å². The lowest BCUT2D eigenvalue weighted by molar-refractivity contribution is -0.115. The van der Waals surface area contributed by atoms with Crippen molar-refractivity contribution in [2.45, 2.75) is 12.3 Å². The van der Waals surface area contributed by atoms with E-state index in [1.807, 2.05) is 0 Å². The largest absolute Gasteiger partial charge is 0.495 e. The van der Waals surface area contributed by atoms with Crippen LogP contribution in [-0.2, 0) is 4.79 Å². The van der Waals surface area contributed by atoms with Gasteiger partial charge in [-0.05, 0) is 25.1 Å². The van der Waals surface area contributed by atoms with Crippen LogP contribution in [0.1, 0.15) is 6.92 Å². The van der Waals surface area contributed by atoms with Gasteiger partial charge in [-0.3, -0.25) is 4.79 Å². The molecule has 1 amide bonds. The van der Waals surface area contributed by atoms with Gasteiger partial charge in [0, 0.05) is 5.69 Å². The molecule has 0 saturated carbocycles. The van der Waals surface area contributed by atoms with Gasteiger partial charge in [0.1, 0.15) is 11.1 Å². The number of methoxy groups -OCH3 is 1. The van der Waals surface area contributed by atoms with E-state index in [2.05, 4.69) is 5.32 Å². The number of ether oxygens (including phenoxy) is 1. The van der Waals surface area contributed by atoms with E-state index in [9.17, 15) is 4.79 Å². The summed E-state index contributed by atoms with van der Waals surface area (Å²) in [5.74, 6) is 0.298. The fraction of sp³-hybridized carbons (Fsp3) is 0.300. The van der Waals surface area contributed by atoms with Gasteiger partial charge in [-0.25, -0.2) is 0 Å². The van der Waals surface area contributed by atoms with Crippen LogP contribution in [0.25, 0.3) is 0 Å². The minimum atomic E-state index is -0.578. The Kier molecular flexibility index (Phi) is 4.24. The average Bonchev–Trinajstić information content (AvgIpc) is 2.18. The van der Waals surface area contributed by atoms with E-state index in [0.29, 0.717) is 16.5 Å². The van der Waals surface area contributed by atoms with Crippen molar-refractivity contribution in [3.63, 3.8) is 0 Å². The fourth-order valence-electron chi connectivity index (χ4n) is 0.986. The second-order valence-corrected chi connectivity index (χ2v) is 4.02. The first-order valence-corrected chi connectivity index (χ1v) is 5.14. The predicted molar refractivity (Wildman–Crippen MR) is 61.9 cm³/mol. The van der Waals surface area contributed by atoms with Crippen LogP contribution in [-0.4, -0.2) is 18.4 Å². The Hall–Kier alpha value is -0.930. The van der Waals surface area contributed by atoms with Gasteiger partial charge < -0.3 is 10.1 Å². The van der Waals surface area contributed by atoms with Crippen molar-refractivity contribution in [1.82, 2.24) is 0 Å². The van der Waals surface area contributed by atoms with Gasteiger partial charge in [0.2, 0.25) is 5.91 Å². The van der Waals surface area contributed by atoms with E-state index in [4.69, 9.17) is 27.9 Å². The molecule has 15 heavy (non-hydrogen) atoms. The number of nitrogens with one attached hydrogen (secondary N) is 1. The molecule has 0 aliphatic rings. The standard InChI is InChI=1S/C10H11Cl2NO2/c1-6(11)10(14)13-7-3-4-9(15-2)8(12)5-7/h3-6H,1-2H3,(H,13,14). The molecule has 82 valence electrons. The van der Waals surface area contributed by atoms with Crippen molar-refractivity contribution >= 4 is 34.8 Å². The highest BCUT2D eigenvalue weighted by atomic mass is 35.5. The predicted octanol–water partition coefficient (Wildman–Crippen LogP) is 2.91. The zero-order valence-corrected chi connectivity index (χ0v) is 9.89. The molecule has 0 heterocycles. The Labute approximate surface area is 98.3 Å². The van der Waals surface area contributed by atoms with E-state index < -0.39 is 5.38 Å². The summed E-state index contributed by atoms with van der Waals surface area (Å²) in [6.07, 6.45) is 0. The zero-order chi connectivity index (χ0) is 11.4. The number of alkyl halides is 1. The Balaban J connectivity index is 2.80. The Morgan fingerprint density at radius 3 is 2.67 bits per heavy atom. The first kappa shape index (κ1) is 12.1. The molecule has 1 aromatic rings. The molecule has 5 heteroatoms. The normalized spacial score (nSPS) is 12.0. The van der Waals surface area contributed by atoms with Crippen molar-refractivity contribution in [3.8, 4) is 5.75 Å². The van der Waals surface area contributed by atoms with E-state index in [0.717, 1.165) is 0 Å². The van der Waals surface area contributed by atoms with Gasteiger partial charge >= 0.3 is 0 Å². The van der Waals surface area contributed by atoms with Gasteiger partial charge in [-0.15, -0.1) is 11.6 Å². The Bertz CT molecular complexity index is 366. The van der Waals surface area contributed by atoms with Crippen molar-refractivity contribution in [3.05, 3.63) is 23.2 Å². The number of halogens is 2. The minimum Gasteiger partial charge on any atom is -0.495 e. The molecule has 3 nitrogen and oxygen atoms in total. The Morgan fingerprint density at radius 1 is 1.53 bits per heavy atom. The van der Waals surface area contributed by atoms with E-state index in [1.165, 1.54) is 7.11 Å². The molecule has 1 unspecified atom stereocenters. The molecule has 0 aliphatic carbocycles. The highest BCUT2D eigenvalue weighted by molar-refractivity contribution is 6.33. The summed E-state index contributed by atoms with van der Waals surface area (Å²) >= 11 is 11.5. The number of benzene rings is 1. The number of rotatable bonds is 3. The van der Waals surface area contributed by atoms with Crippen LogP contribution in [0.3, 0.4) is 0 Å². The van der Waals surface area contributed by atoms with E-state index in [-0.39, 0.29) is 5.91 Å². The maximum absolute atomic E-state index is 11.3. The lowest BCUT2D eigenvalue weighted by atomic mass is 10.3. The van der Waals surface area contributed by atoms with Crippen molar-refractivity contribution in [1.29, 1.82) is 0 Å². The first-order valence-electron chi connectivity index (χ1n) is 4.33. The summed E-state index contributed by atoms with van der Waals surface area (Å²) in [4.78, 5) is 11.3. The lowest BCUT2D eigenvalue weighted by Gasteiger charge is -2.08. The number of carbonyl (C=O) groups is 1. The zero-order valence-electron chi connectivity index (χ0n) is 8.38. The van der Waals surface area contributed by atoms with Crippen LogP contribution >= 0.6 is 23.2 Å². The molecular formula is C10H11Cl2NO2. The van der Waals surface area contributed by atoms with Crippen LogP contribution < -0.4 is 10.1 Å². The highest BCUT2D eigenvalue weighted by Gasteiger charge is 2.10. The summed E-state index contributed by atoms with van der Waals surface area (Å²) < 4.78 is 4.98. The third-order valence-corrected chi connectivity index (χ3v) is 2.27. The summed E-state index contributed by atoms with van der Waals surface area (Å²) in [6.45, 7) is 1.60. The third kappa shape index (κ3) is 3.29. The first-order chi connectivity index (χ1) is 7.04. The van der Waals surface area contributed by atoms with Gasteiger partial charge in [0.15, 0.2) is 0 Å². The summed E-state index contributed by atoms with van der Waals surface area (Å²) in [5, 5.41) is 2.49. The van der Waals surface area contributed by atoms with Gasteiger partial charge in [-0.2, -0.15) is 0 Å². The van der Waals surface area contributed by atoms with E-state index >= 15 is 0 Å². The number of hydrogen-bond donors (Lipinski definition) is 1. The number of carbonyl (C=O) groups excluding carboxylic acids is 1. The third-order valence-electron chi connectivity index (χ3n) is 1.78. The second kappa shape index (κ2) is 5.24. The highest BCUT2D eigenvalue weighted by Crippen LogP contribution is 2.27. The van der Waals surface area contributed by atoms with Crippen molar-refractivity contribution < 1.29 is 9.53 Å². The molecule has 0 aromatic heterocycles. The molecule has 0 saturated heterocycles. The van der Waals surface area contributed by atoms with Gasteiger partial charge in [0.05, 0.1) is 12.1 Å². The number of anilines is 1. The van der Waals surface area contributed by atoms with Gasteiger partial charge in [-0.1, -0.05) is 11.6 Å². The summed E-state index contributed by atoms with van der Waals surface area (Å²) in [6, 6.07) is 4.98. The summed E-state index contributed by atoms with van der Waals surface area (Å²) in [5.41, 5.74) is 0.596. The Morgan fingerprint density at radius 2 is 2.20 bits per heavy atom. The van der Waals surface area contributed by atoms with Gasteiger partial charge in [0.25, 0.3) is 0 Å². The molecule has 0 aliphatic heterocycles.